The van der Waals surface area contributed by atoms with Gasteiger partial charge in [-0.25, -0.2) is 13.5 Å². The van der Waals surface area contributed by atoms with E-state index in [1.165, 1.54) is 10.7 Å². The minimum absolute atomic E-state index is 0.0664. The van der Waals surface area contributed by atoms with Crippen LogP contribution in [0, 0.1) is 31.4 Å². The van der Waals surface area contributed by atoms with Gasteiger partial charge >= 0.3 is 0 Å². The first-order valence-corrected chi connectivity index (χ1v) is 10.8. The van der Waals surface area contributed by atoms with Gasteiger partial charge in [0.25, 0.3) is 5.91 Å². The second-order valence-corrected chi connectivity index (χ2v) is 8.21. The number of aromatic nitrogens is 2. The van der Waals surface area contributed by atoms with Crippen LogP contribution in [0.4, 0.5) is 8.78 Å². The van der Waals surface area contributed by atoms with E-state index in [1.807, 2.05) is 0 Å². The second-order valence-electron chi connectivity index (χ2n) is 8.21. The van der Waals surface area contributed by atoms with E-state index in [4.69, 9.17) is 4.74 Å². The van der Waals surface area contributed by atoms with Gasteiger partial charge in [-0.15, -0.1) is 0 Å². The lowest BCUT2D eigenvalue weighted by Gasteiger charge is -2.31. The summed E-state index contributed by atoms with van der Waals surface area (Å²) < 4.78 is 34.0. The van der Waals surface area contributed by atoms with Crippen LogP contribution in [0.5, 0.6) is 5.75 Å². The summed E-state index contributed by atoms with van der Waals surface area (Å²) in [6.45, 7) is 4.27. The molecule has 2 aromatic carbocycles. The number of carbonyl (C=O) groups excluding carboxylic acids is 2. The standard InChI is InChI=1S/C25H25F2N3O3/c1-15-23(16(2)30(28-15)22-9-6-19(26)14-21(22)27)25(32)29-12-10-18(11-13-29)24(31)17-4-7-20(33-3)8-5-17/h4-9,14,18H,10-13H2,1-3H3. The van der Waals surface area contributed by atoms with Gasteiger partial charge in [0.2, 0.25) is 0 Å². The normalized spacial score (nSPS) is 14.4. The number of hydrogen-bond donors (Lipinski definition) is 0. The molecular weight excluding hydrogens is 428 g/mol. The van der Waals surface area contributed by atoms with Crippen LogP contribution in [0.1, 0.15) is 44.9 Å². The van der Waals surface area contributed by atoms with E-state index >= 15 is 0 Å². The molecule has 33 heavy (non-hydrogen) atoms. The molecule has 172 valence electrons. The molecule has 1 fully saturated rings. The van der Waals surface area contributed by atoms with Crippen molar-refractivity contribution in [3.8, 4) is 11.4 Å². The van der Waals surface area contributed by atoms with Crippen molar-refractivity contribution in [2.45, 2.75) is 26.7 Å². The molecule has 4 rings (SSSR count). The smallest absolute Gasteiger partial charge is 0.257 e. The average molecular weight is 453 g/mol. The molecule has 1 amide bonds. The Morgan fingerprint density at radius 3 is 2.30 bits per heavy atom. The Bertz CT molecular complexity index is 1200. The molecule has 2 heterocycles. The van der Waals surface area contributed by atoms with Gasteiger partial charge in [-0.2, -0.15) is 5.10 Å². The van der Waals surface area contributed by atoms with Crippen molar-refractivity contribution in [3.63, 3.8) is 0 Å². The first kappa shape index (κ1) is 22.6. The fraction of sp³-hybridized carbons (Fsp3) is 0.320. The molecule has 8 heteroatoms. The zero-order chi connectivity index (χ0) is 23.7. The predicted molar refractivity (Wildman–Crippen MR) is 119 cm³/mol. The molecule has 0 saturated carbocycles. The number of piperidine rings is 1. The van der Waals surface area contributed by atoms with E-state index in [0.29, 0.717) is 54.2 Å². The first-order valence-electron chi connectivity index (χ1n) is 10.8. The first-order chi connectivity index (χ1) is 15.8. The van der Waals surface area contributed by atoms with E-state index in [-0.39, 0.29) is 23.3 Å². The monoisotopic (exact) mass is 453 g/mol. The molecule has 0 unspecified atom stereocenters. The molecule has 1 aromatic heterocycles. The molecule has 3 aromatic rings. The molecule has 0 atom stereocenters. The number of likely N-dealkylation sites (tertiary alicyclic amines) is 1. The lowest BCUT2D eigenvalue weighted by Crippen LogP contribution is -2.40. The average Bonchev–Trinajstić information content (AvgIpc) is 3.11. The number of Topliss-reactive ketones (excluding diaryl/α,β-unsaturated/α-hetero) is 1. The molecule has 1 aliphatic rings. The lowest BCUT2D eigenvalue weighted by molar-refractivity contribution is 0.0649. The number of halogens is 2. The molecule has 0 radical (unpaired) electrons. The van der Waals surface area contributed by atoms with Crippen LogP contribution < -0.4 is 4.74 Å². The van der Waals surface area contributed by atoms with Crippen LogP contribution in [-0.2, 0) is 0 Å². The zero-order valence-electron chi connectivity index (χ0n) is 18.8. The van der Waals surface area contributed by atoms with Crippen LogP contribution in [-0.4, -0.2) is 46.6 Å². The summed E-state index contributed by atoms with van der Waals surface area (Å²) >= 11 is 0. The molecule has 6 nitrogen and oxygen atoms in total. The van der Waals surface area contributed by atoms with Crippen molar-refractivity contribution in [3.05, 3.63) is 76.6 Å². The van der Waals surface area contributed by atoms with Gasteiger partial charge in [0, 0.05) is 30.6 Å². The van der Waals surface area contributed by atoms with Gasteiger partial charge < -0.3 is 9.64 Å². The molecule has 1 aliphatic heterocycles. The molecule has 0 spiro atoms. The van der Waals surface area contributed by atoms with E-state index in [2.05, 4.69) is 5.10 Å². The van der Waals surface area contributed by atoms with Gasteiger partial charge in [-0.3, -0.25) is 9.59 Å². The van der Waals surface area contributed by atoms with Gasteiger partial charge in [0.15, 0.2) is 11.6 Å². The van der Waals surface area contributed by atoms with Crippen molar-refractivity contribution in [1.82, 2.24) is 14.7 Å². The highest BCUT2D eigenvalue weighted by molar-refractivity contribution is 5.99. The second kappa shape index (κ2) is 9.13. The Hall–Kier alpha value is -3.55. The van der Waals surface area contributed by atoms with Crippen molar-refractivity contribution >= 4 is 11.7 Å². The number of ketones is 1. The lowest BCUT2D eigenvalue weighted by atomic mass is 9.88. The summed E-state index contributed by atoms with van der Waals surface area (Å²) in [5.74, 6) is -1.02. The van der Waals surface area contributed by atoms with Crippen molar-refractivity contribution in [2.24, 2.45) is 5.92 Å². The van der Waals surface area contributed by atoms with E-state index in [9.17, 15) is 18.4 Å². The molecule has 0 aliphatic carbocycles. The summed E-state index contributed by atoms with van der Waals surface area (Å²) in [5.41, 5.74) is 2.07. The predicted octanol–water partition coefficient (Wildman–Crippen LogP) is 4.51. The van der Waals surface area contributed by atoms with Crippen molar-refractivity contribution in [2.75, 3.05) is 20.2 Å². The highest BCUT2D eigenvalue weighted by Crippen LogP contribution is 2.27. The number of ether oxygens (including phenoxy) is 1. The number of methoxy groups -OCH3 is 1. The third-order valence-electron chi connectivity index (χ3n) is 6.17. The topological polar surface area (TPSA) is 64.4 Å². The minimum Gasteiger partial charge on any atom is -0.497 e. The maximum absolute atomic E-state index is 14.3. The van der Waals surface area contributed by atoms with Gasteiger partial charge in [0.1, 0.15) is 17.3 Å². The summed E-state index contributed by atoms with van der Waals surface area (Å²) in [4.78, 5) is 27.8. The Morgan fingerprint density at radius 1 is 1.03 bits per heavy atom. The van der Waals surface area contributed by atoms with Crippen LogP contribution in [0.15, 0.2) is 42.5 Å². The van der Waals surface area contributed by atoms with Gasteiger partial charge in [-0.05, 0) is 63.1 Å². The molecule has 1 saturated heterocycles. The van der Waals surface area contributed by atoms with Crippen molar-refractivity contribution in [1.29, 1.82) is 0 Å². The minimum atomic E-state index is -0.752. The summed E-state index contributed by atoms with van der Waals surface area (Å²) in [7, 11) is 1.58. The number of rotatable bonds is 5. The van der Waals surface area contributed by atoms with Gasteiger partial charge in [0.05, 0.1) is 24.1 Å². The number of benzene rings is 2. The Kier molecular flexibility index (Phi) is 6.26. The number of amides is 1. The largest absolute Gasteiger partial charge is 0.497 e. The van der Waals surface area contributed by atoms with Crippen molar-refractivity contribution < 1.29 is 23.1 Å². The highest BCUT2D eigenvalue weighted by atomic mass is 19.1. The summed E-state index contributed by atoms with van der Waals surface area (Å²) in [5, 5.41) is 4.33. The maximum Gasteiger partial charge on any atom is 0.257 e. The number of nitrogens with zero attached hydrogens (tertiary/aromatic N) is 3. The summed E-state index contributed by atoms with van der Waals surface area (Å²) in [6.07, 6.45) is 1.13. The highest BCUT2D eigenvalue weighted by Gasteiger charge is 2.31. The number of hydrogen-bond acceptors (Lipinski definition) is 4. The van der Waals surface area contributed by atoms with Crippen LogP contribution in [0.25, 0.3) is 5.69 Å². The van der Waals surface area contributed by atoms with E-state index in [0.717, 1.165) is 12.1 Å². The van der Waals surface area contributed by atoms with E-state index < -0.39 is 11.6 Å². The summed E-state index contributed by atoms with van der Waals surface area (Å²) in [6, 6.07) is 10.3. The number of aryl methyl sites for hydroxylation is 1. The quantitative estimate of drug-likeness (QED) is 0.533. The van der Waals surface area contributed by atoms with Crippen LogP contribution in [0.2, 0.25) is 0 Å². The Morgan fingerprint density at radius 2 is 1.70 bits per heavy atom. The number of carbonyl (C=O) groups is 2. The van der Waals surface area contributed by atoms with Crippen LogP contribution in [0.3, 0.4) is 0 Å². The van der Waals surface area contributed by atoms with Crippen LogP contribution >= 0.6 is 0 Å². The third-order valence-corrected chi connectivity index (χ3v) is 6.17. The SMILES string of the molecule is COc1ccc(C(=O)C2CCN(C(=O)c3c(C)nn(-c4ccc(F)cc4F)c3C)CC2)cc1. The zero-order valence-corrected chi connectivity index (χ0v) is 18.8. The molecular formula is C25H25F2N3O3. The Balaban J connectivity index is 1.47. The fourth-order valence-electron chi connectivity index (χ4n) is 4.33. The van der Waals surface area contributed by atoms with Gasteiger partial charge in [-0.1, -0.05) is 0 Å². The Labute approximate surface area is 190 Å². The molecule has 0 N–H and O–H groups in total. The third kappa shape index (κ3) is 4.37. The molecule has 0 bridgehead atoms. The van der Waals surface area contributed by atoms with E-state index in [1.54, 1.807) is 50.1 Å². The fourth-order valence-corrected chi connectivity index (χ4v) is 4.33. The maximum atomic E-state index is 14.3.